The van der Waals surface area contributed by atoms with Gasteiger partial charge in [-0.3, -0.25) is 0 Å². The number of ether oxygens (including phenoxy) is 1. The van der Waals surface area contributed by atoms with Gasteiger partial charge in [0.1, 0.15) is 23.4 Å². The number of carbonyl (C=O) groups is 1. The lowest BCUT2D eigenvalue weighted by Gasteiger charge is -2.38. The van der Waals surface area contributed by atoms with Gasteiger partial charge < -0.3 is 19.7 Å². The molecule has 0 saturated carbocycles. The number of aldehydes is 1. The Hall–Kier alpha value is -2.04. The molecular weight excluding hydrogens is 328 g/mol. The van der Waals surface area contributed by atoms with E-state index in [1.54, 1.807) is 48.5 Å². The molecule has 0 amide bonds. The van der Waals surface area contributed by atoms with E-state index in [1.807, 2.05) is 6.92 Å². The maximum Gasteiger partial charge on any atom is 0.127 e. The van der Waals surface area contributed by atoms with Crippen molar-refractivity contribution in [1.29, 1.82) is 0 Å². The van der Waals surface area contributed by atoms with Crippen LogP contribution in [0.5, 0.6) is 11.5 Å². The van der Waals surface area contributed by atoms with E-state index >= 15 is 0 Å². The summed E-state index contributed by atoms with van der Waals surface area (Å²) in [5.41, 5.74) is 0.327. The maximum atomic E-state index is 12.0. The SMILES string of the molecule is CC(c1ccc(O)cc1)(c1ccc(O)cc1)C(C=O)C1(CCl)CO1. The van der Waals surface area contributed by atoms with Gasteiger partial charge in [0.25, 0.3) is 0 Å². The second-order valence-electron chi connectivity index (χ2n) is 6.40. The molecule has 2 aromatic rings. The number of rotatable bonds is 6. The van der Waals surface area contributed by atoms with Crippen molar-refractivity contribution in [2.24, 2.45) is 5.92 Å². The van der Waals surface area contributed by atoms with Crippen molar-refractivity contribution < 1.29 is 19.7 Å². The van der Waals surface area contributed by atoms with Crippen LogP contribution >= 0.6 is 11.6 Å². The molecule has 0 radical (unpaired) electrons. The molecule has 1 aliphatic heterocycles. The summed E-state index contributed by atoms with van der Waals surface area (Å²) < 4.78 is 5.57. The lowest BCUT2D eigenvalue weighted by Crippen LogP contribution is -2.44. The number of hydrogen-bond donors (Lipinski definition) is 2. The Morgan fingerprint density at radius 2 is 1.54 bits per heavy atom. The number of phenolic OH excluding ortho intramolecular Hbond substituents is 2. The van der Waals surface area contributed by atoms with E-state index in [4.69, 9.17) is 16.3 Å². The van der Waals surface area contributed by atoms with E-state index in [2.05, 4.69) is 0 Å². The Morgan fingerprint density at radius 1 is 1.12 bits per heavy atom. The number of hydrogen-bond acceptors (Lipinski definition) is 4. The van der Waals surface area contributed by atoms with Gasteiger partial charge in [-0.05, 0) is 35.4 Å². The smallest absolute Gasteiger partial charge is 0.127 e. The van der Waals surface area contributed by atoms with Gasteiger partial charge in [0.15, 0.2) is 0 Å². The first-order valence-electron chi connectivity index (χ1n) is 7.70. The first-order chi connectivity index (χ1) is 11.5. The topological polar surface area (TPSA) is 70.1 Å². The summed E-state index contributed by atoms with van der Waals surface area (Å²) in [5.74, 6) is 0.0345. The van der Waals surface area contributed by atoms with Crippen LogP contribution < -0.4 is 0 Å². The molecule has 1 fully saturated rings. The third-order valence-corrected chi connectivity index (χ3v) is 5.45. The number of alkyl halides is 1. The normalized spacial score (nSPS) is 21.2. The van der Waals surface area contributed by atoms with Crippen LogP contribution in [-0.4, -0.2) is 34.6 Å². The minimum atomic E-state index is -0.714. The van der Waals surface area contributed by atoms with Crippen LogP contribution in [0, 0.1) is 5.92 Å². The summed E-state index contributed by atoms with van der Waals surface area (Å²) in [5, 5.41) is 19.2. The maximum absolute atomic E-state index is 12.0. The number of benzene rings is 2. The predicted molar refractivity (Wildman–Crippen MR) is 91.6 cm³/mol. The van der Waals surface area contributed by atoms with E-state index in [0.717, 1.165) is 17.4 Å². The molecule has 0 aliphatic carbocycles. The second kappa shape index (κ2) is 6.11. The second-order valence-corrected chi connectivity index (χ2v) is 6.66. The summed E-state index contributed by atoms with van der Waals surface area (Å²) in [7, 11) is 0. The van der Waals surface area contributed by atoms with E-state index in [1.165, 1.54) is 0 Å². The minimum Gasteiger partial charge on any atom is -0.508 e. The molecule has 0 spiro atoms. The van der Waals surface area contributed by atoms with E-state index < -0.39 is 16.9 Å². The Bertz CT molecular complexity index is 675. The zero-order valence-corrected chi connectivity index (χ0v) is 14.0. The number of epoxide rings is 1. The number of halogens is 1. The molecule has 2 N–H and O–H groups in total. The van der Waals surface area contributed by atoms with Crippen LogP contribution in [0.15, 0.2) is 48.5 Å². The number of carbonyl (C=O) groups excluding carboxylic acids is 1. The quantitative estimate of drug-likeness (QED) is 0.478. The van der Waals surface area contributed by atoms with Crippen molar-refractivity contribution >= 4 is 17.9 Å². The Kier molecular flexibility index (Phi) is 4.28. The van der Waals surface area contributed by atoms with Gasteiger partial charge >= 0.3 is 0 Å². The van der Waals surface area contributed by atoms with Gasteiger partial charge in [0.2, 0.25) is 0 Å². The van der Waals surface area contributed by atoms with E-state index in [0.29, 0.717) is 6.61 Å². The van der Waals surface area contributed by atoms with Crippen molar-refractivity contribution in [3.63, 3.8) is 0 Å². The molecule has 2 unspecified atom stereocenters. The lowest BCUT2D eigenvalue weighted by atomic mass is 9.63. The van der Waals surface area contributed by atoms with Crippen LogP contribution in [0.25, 0.3) is 0 Å². The van der Waals surface area contributed by atoms with Gasteiger partial charge in [-0.15, -0.1) is 11.6 Å². The number of phenols is 2. The van der Waals surface area contributed by atoms with Gasteiger partial charge in [-0.1, -0.05) is 31.2 Å². The summed E-state index contributed by atoms with van der Waals surface area (Å²) in [6.07, 6.45) is 0.898. The fraction of sp³-hybridized carbons (Fsp3) is 0.316. The summed E-state index contributed by atoms with van der Waals surface area (Å²) >= 11 is 6.10. The summed E-state index contributed by atoms with van der Waals surface area (Å²) in [6.45, 7) is 2.40. The highest BCUT2D eigenvalue weighted by molar-refractivity contribution is 6.19. The van der Waals surface area contributed by atoms with Gasteiger partial charge in [0, 0.05) is 5.41 Å². The average molecular weight is 347 g/mol. The molecular formula is C19H19ClO4. The fourth-order valence-corrected chi connectivity index (χ4v) is 3.68. The van der Waals surface area contributed by atoms with Crippen LogP contribution in [0.1, 0.15) is 18.1 Å². The molecule has 1 saturated heterocycles. The highest BCUT2D eigenvalue weighted by atomic mass is 35.5. The fourth-order valence-electron chi connectivity index (χ4n) is 3.36. The highest BCUT2D eigenvalue weighted by Crippen LogP contribution is 2.49. The van der Waals surface area contributed by atoms with Crippen LogP contribution in [0.4, 0.5) is 0 Å². The molecule has 1 heterocycles. The lowest BCUT2D eigenvalue weighted by molar-refractivity contribution is -0.114. The molecule has 2 atom stereocenters. The molecule has 5 heteroatoms. The minimum absolute atomic E-state index is 0.157. The molecule has 24 heavy (non-hydrogen) atoms. The summed E-state index contributed by atoms with van der Waals surface area (Å²) in [4.78, 5) is 12.0. The molecule has 126 valence electrons. The highest BCUT2D eigenvalue weighted by Gasteiger charge is 2.58. The first kappa shape index (κ1) is 16.8. The van der Waals surface area contributed by atoms with Crippen LogP contribution in [0.2, 0.25) is 0 Å². The Labute approximate surface area is 145 Å². The molecule has 4 nitrogen and oxygen atoms in total. The van der Waals surface area contributed by atoms with Crippen molar-refractivity contribution in [3.05, 3.63) is 59.7 Å². The largest absolute Gasteiger partial charge is 0.508 e. The zero-order valence-electron chi connectivity index (χ0n) is 13.3. The van der Waals surface area contributed by atoms with Crippen molar-refractivity contribution in [1.82, 2.24) is 0 Å². The third kappa shape index (κ3) is 2.66. The van der Waals surface area contributed by atoms with Crippen LogP contribution in [0.3, 0.4) is 0 Å². The predicted octanol–water partition coefficient (Wildman–Crippen LogP) is 3.23. The molecule has 0 bridgehead atoms. The Balaban J connectivity index is 2.18. The van der Waals surface area contributed by atoms with Gasteiger partial charge in [-0.25, -0.2) is 0 Å². The average Bonchev–Trinajstić information content (AvgIpc) is 3.37. The van der Waals surface area contributed by atoms with E-state index in [-0.39, 0.29) is 17.4 Å². The first-order valence-corrected chi connectivity index (χ1v) is 8.24. The molecule has 3 rings (SSSR count). The van der Waals surface area contributed by atoms with Crippen molar-refractivity contribution in [2.45, 2.75) is 17.9 Å². The van der Waals surface area contributed by atoms with Crippen molar-refractivity contribution in [3.8, 4) is 11.5 Å². The standard InChI is InChI=1S/C19H19ClO4/c1-18(13-2-6-15(22)7-3-13,14-4-8-16(23)9-5-14)17(10-21)19(11-20)12-24-19/h2-10,17,22-23H,11-12H2,1H3. The van der Waals surface area contributed by atoms with E-state index in [9.17, 15) is 15.0 Å². The van der Waals surface area contributed by atoms with Crippen LogP contribution in [-0.2, 0) is 14.9 Å². The van der Waals surface area contributed by atoms with Gasteiger partial charge in [-0.2, -0.15) is 0 Å². The molecule has 0 aromatic heterocycles. The number of aromatic hydroxyl groups is 2. The zero-order chi connectivity index (χ0) is 17.4. The van der Waals surface area contributed by atoms with Gasteiger partial charge in [0.05, 0.1) is 18.4 Å². The van der Waals surface area contributed by atoms with Crippen molar-refractivity contribution in [2.75, 3.05) is 12.5 Å². The summed E-state index contributed by atoms with van der Waals surface area (Å²) in [6, 6.07) is 13.6. The molecule has 2 aromatic carbocycles. The third-order valence-electron chi connectivity index (χ3n) is 5.00. The Morgan fingerprint density at radius 3 is 1.83 bits per heavy atom. The molecule has 1 aliphatic rings. The monoisotopic (exact) mass is 346 g/mol.